The highest BCUT2D eigenvalue weighted by Crippen LogP contribution is 2.36. The Morgan fingerprint density at radius 1 is 0.409 bits per heavy atom. The van der Waals surface area contributed by atoms with Crippen molar-refractivity contribution in [3.05, 3.63) is 30.3 Å². The van der Waals surface area contributed by atoms with Crippen molar-refractivity contribution in [3.8, 4) is 5.75 Å². The SMILES string of the molecule is CC(C)(C)[Si](C)(C)OCCOCCOCCOCCOCCOCCOCCOCCOCCOCCOc1ccccc1. The summed E-state index contributed by atoms with van der Waals surface area (Å²) >= 11 is 0. The van der Waals surface area contributed by atoms with Crippen LogP contribution in [0.25, 0.3) is 0 Å². The van der Waals surface area contributed by atoms with Crippen molar-refractivity contribution < 1.29 is 51.8 Å². The first-order valence-electron chi connectivity index (χ1n) is 15.8. The summed E-state index contributed by atoms with van der Waals surface area (Å²) in [6, 6.07) is 9.68. The summed E-state index contributed by atoms with van der Waals surface area (Å²) in [6.07, 6.45) is 0. The lowest BCUT2D eigenvalue weighted by atomic mass is 10.2. The zero-order valence-electron chi connectivity index (χ0n) is 28.0. The van der Waals surface area contributed by atoms with Gasteiger partial charge in [0.15, 0.2) is 8.32 Å². The highest BCUT2D eigenvalue weighted by Gasteiger charge is 2.36. The lowest BCUT2D eigenvalue weighted by Crippen LogP contribution is -2.41. The van der Waals surface area contributed by atoms with Crippen molar-refractivity contribution >= 4 is 8.32 Å². The average molecular weight is 649 g/mol. The molecular formula is C32H60O11Si. The molecule has 0 fully saturated rings. The first-order valence-corrected chi connectivity index (χ1v) is 18.8. The van der Waals surface area contributed by atoms with Crippen LogP contribution in [0.1, 0.15) is 20.8 Å². The van der Waals surface area contributed by atoms with Crippen LogP contribution in [-0.2, 0) is 47.1 Å². The normalized spacial score (nSPS) is 12.2. The van der Waals surface area contributed by atoms with E-state index in [1.54, 1.807) is 0 Å². The van der Waals surface area contributed by atoms with Gasteiger partial charge in [0, 0.05) is 0 Å². The fraction of sp³-hybridized carbons (Fsp3) is 0.812. The molecule has 0 aliphatic heterocycles. The molecule has 12 heteroatoms. The van der Waals surface area contributed by atoms with Gasteiger partial charge in [-0.2, -0.15) is 0 Å². The van der Waals surface area contributed by atoms with Gasteiger partial charge in [0.25, 0.3) is 0 Å². The van der Waals surface area contributed by atoms with Crippen molar-refractivity contribution in [3.63, 3.8) is 0 Å². The molecule has 0 unspecified atom stereocenters. The molecule has 0 heterocycles. The van der Waals surface area contributed by atoms with Crippen LogP contribution in [0.5, 0.6) is 5.75 Å². The van der Waals surface area contributed by atoms with Gasteiger partial charge < -0.3 is 51.8 Å². The second-order valence-corrected chi connectivity index (χ2v) is 16.1. The zero-order valence-corrected chi connectivity index (χ0v) is 29.0. The summed E-state index contributed by atoms with van der Waals surface area (Å²) < 4.78 is 61.1. The maximum absolute atomic E-state index is 6.08. The molecule has 0 aliphatic rings. The van der Waals surface area contributed by atoms with E-state index in [1.165, 1.54) is 0 Å². The van der Waals surface area contributed by atoms with Crippen molar-refractivity contribution in [2.45, 2.75) is 38.9 Å². The Bertz CT molecular complexity index is 735. The van der Waals surface area contributed by atoms with Gasteiger partial charge in [-0.25, -0.2) is 0 Å². The second-order valence-electron chi connectivity index (χ2n) is 11.3. The largest absolute Gasteiger partial charge is 0.491 e. The molecule has 1 aromatic rings. The molecule has 1 rings (SSSR count). The van der Waals surface area contributed by atoms with Crippen LogP contribution >= 0.6 is 0 Å². The van der Waals surface area contributed by atoms with E-state index in [0.29, 0.717) is 132 Å². The molecule has 0 radical (unpaired) electrons. The number of hydrogen-bond donors (Lipinski definition) is 0. The summed E-state index contributed by atoms with van der Waals surface area (Å²) in [5.74, 6) is 0.846. The van der Waals surface area contributed by atoms with E-state index >= 15 is 0 Å². The van der Waals surface area contributed by atoms with E-state index in [4.69, 9.17) is 51.8 Å². The molecule has 0 spiro atoms. The maximum atomic E-state index is 6.08. The number of rotatable bonds is 32. The quantitative estimate of drug-likeness (QED) is 0.0829. The highest BCUT2D eigenvalue weighted by atomic mass is 28.4. The first kappa shape index (κ1) is 40.9. The summed E-state index contributed by atoms with van der Waals surface area (Å²) in [4.78, 5) is 0. The van der Waals surface area contributed by atoms with E-state index in [-0.39, 0.29) is 5.04 Å². The van der Waals surface area contributed by atoms with E-state index in [0.717, 1.165) is 5.75 Å². The molecule has 0 saturated heterocycles. The third-order valence-corrected chi connectivity index (χ3v) is 11.3. The van der Waals surface area contributed by atoms with Gasteiger partial charge in [-0.1, -0.05) is 39.0 Å². The number of ether oxygens (including phenoxy) is 10. The topological polar surface area (TPSA) is 102 Å². The van der Waals surface area contributed by atoms with Crippen molar-refractivity contribution in [2.24, 2.45) is 0 Å². The summed E-state index contributed by atoms with van der Waals surface area (Å²) in [5, 5.41) is 0.219. The summed E-state index contributed by atoms with van der Waals surface area (Å²) in [7, 11) is -1.69. The highest BCUT2D eigenvalue weighted by molar-refractivity contribution is 6.74. The van der Waals surface area contributed by atoms with Gasteiger partial charge >= 0.3 is 0 Å². The van der Waals surface area contributed by atoms with Crippen LogP contribution < -0.4 is 4.74 Å². The number of para-hydroxylation sites is 1. The van der Waals surface area contributed by atoms with E-state index in [2.05, 4.69) is 33.9 Å². The van der Waals surface area contributed by atoms with Crippen LogP contribution in [0.4, 0.5) is 0 Å². The third kappa shape index (κ3) is 25.1. The Morgan fingerprint density at radius 2 is 0.682 bits per heavy atom. The van der Waals surface area contributed by atoms with Gasteiger partial charge in [0.05, 0.1) is 126 Å². The number of hydrogen-bond acceptors (Lipinski definition) is 11. The summed E-state index contributed by atoms with van der Waals surface area (Å²) in [6.45, 7) is 21.9. The Morgan fingerprint density at radius 3 is 0.977 bits per heavy atom. The Hall–Kier alpha value is -1.16. The van der Waals surface area contributed by atoms with Gasteiger partial charge in [0.1, 0.15) is 12.4 Å². The number of benzene rings is 1. The van der Waals surface area contributed by atoms with Crippen LogP contribution in [-0.4, -0.2) is 140 Å². The monoisotopic (exact) mass is 648 g/mol. The fourth-order valence-electron chi connectivity index (χ4n) is 3.17. The molecule has 1 aromatic carbocycles. The predicted octanol–water partition coefficient (Wildman–Crippen LogP) is 4.24. The minimum atomic E-state index is -1.69. The molecule has 0 atom stereocenters. The van der Waals surface area contributed by atoms with E-state index < -0.39 is 8.32 Å². The third-order valence-electron chi connectivity index (χ3n) is 6.71. The smallest absolute Gasteiger partial charge is 0.192 e. The van der Waals surface area contributed by atoms with Crippen molar-refractivity contribution in [2.75, 3.05) is 132 Å². The van der Waals surface area contributed by atoms with Crippen molar-refractivity contribution in [1.82, 2.24) is 0 Å². The van der Waals surface area contributed by atoms with Crippen LogP contribution in [0.15, 0.2) is 30.3 Å². The van der Waals surface area contributed by atoms with Crippen LogP contribution in [0, 0.1) is 0 Å². The van der Waals surface area contributed by atoms with Gasteiger partial charge in [-0.05, 0) is 30.3 Å². The van der Waals surface area contributed by atoms with Gasteiger partial charge in [0.2, 0.25) is 0 Å². The van der Waals surface area contributed by atoms with Crippen LogP contribution in [0.2, 0.25) is 18.1 Å². The first-order chi connectivity index (χ1) is 21.3. The Kier molecular flexibility index (Phi) is 26.1. The van der Waals surface area contributed by atoms with Crippen LogP contribution in [0.3, 0.4) is 0 Å². The van der Waals surface area contributed by atoms with E-state index in [9.17, 15) is 0 Å². The van der Waals surface area contributed by atoms with Gasteiger partial charge in [-0.15, -0.1) is 0 Å². The minimum Gasteiger partial charge on any atom is -0.491 e. The molecule has 0 amide bonds. The van der Waals surface area contributed by atoms with Gasteiger partial charge in [-0.3, -0.25) is 0 Å². The molecule has 258 valence electrons. The fourth-order valence-corrected chi connectivity index (χ4v) is 4.20. The molecule has 0 aliphatic carbocycles. The predicted molar refractivity (Wildman–Crippen MR) is 172 cm³/mol. The lowest BCUT2D eigenvalue weighted by molar-refractivity contribution is -0.0258. The minimum absolute atomic E-state index is 0.219. The molecule has 11 nitrogen and oxygen atoms in total. The zero-order chi connectivity index (χ0) is 32.0. The molecule has 0 bridgehead atoms. The maximum Gasteiger partial charge on any atom is 0.192 e. The molecule has 0 saturated carbocycles. The molecule has 0 N–H and O–H groups in total. The standard InChI is InChI=1S/C32H60O11Si/c1-32(2,3)44(4,5)43-30-28-41-26-24-39-22-20-37-18-16-35-14-12-33-11-13-34-15-17-36-19-21-38-23-25-40-27-29-42-31-9-7-6-8-10-31/h6-10H,11-30H2,1-5H3. The molecular weight excluding hydrogens is 588 g/mol. The lowest BCUT2D eigenvalue weighted by Gasteiger charge is -2.36. The Labute approximate surface area is 267 Å². The molecule has 0 aromatic heterocycles. The van der Waals surface area contributed by atoms with Crippen molar-refractivity contribution in [1.29, 1.82) is 0 Å². The second kappa shape index (κ2) is 28.1. The van der Waals surface area contributed by atoms with E-state index in [1.807, 2.05) is 30.3 Å². The Balaban J connectivity index is 1.66. The molecule has 44 heavy (non-hydrogen) atoms. The summed E-state index contributed by atoms with van der Waals surface area (Å²) in [5.41, 5.74) is 0. The average Bonchev–Trinajstić information content (AvgIpc) is 3.00.